The molecule has 7 heteroatoms. The number of hydrogen-bond donors (Lipinski definition) is 1. The van der Waals surface area contributed by atoms with Crippen molar-refractivity contribution in [3.8, 4) is 0 Å². The molecular formula is C21H12N2O5. The second-order valence-electron chi connectivity index (χ2n) is 6.19. The summed E-state index contributed by atoms with van der Waals surface area (Å²) in [6.07, 6.45) is 0. The molecule has 1 aliphatic carbocycles. The number of benzene rings is 3. The molecule has 3 aromatic carbocycles. The SMILES string of the molecule is O=C(Nc1cccc2c1C(=O)c1ccccc1C2=O)c1ccc([N+](=O)[O-])cc1. The fourth-order valence-electron chi connectivity index (χ4n) is 3.18. The molecule has 0 radical (unpaired) electrons. The van der Waals surface area contributed by atoms with Gasteiger partial charge in [-0.1, -0.05) is 36.4 Å². The predicted molar refractivity (Wildman–Crippen MR) is 101 cm³/mol. The summed E-state index contributed by atoms with van der Waals surface area (Å²) in [5.41, 5.74) is 1.26. The van der Waals surface area contributed by atoms with Crippen LogP contribution in [0.2, 0.25) is 0 Å². The molecule has 0 atom stereocenters. The molecule has 4 rings (SSSR count). The quantitative estimate of drug-likeness (QED) is 0.437. The Morgan fingerprint density at radius 3 is 2.04 bits per heavy atom. The molecular weight excluding hydrogens is 360 g/mol. The largest absolute Gasteiger partial charge is 0.321 e. The van der Waals surface area contributed by atoms with Crippen LogP contribution in [0.15, 0.2) is 66.7 Å². The Morgan fingerprint density at radius 2 is 1.39 bits per heavy atom. The molecule has 0 saturated carbocycles. The molecule has 3 aromatic rings. The Morgan fingerprint density at radius 1 is 0.786 bits per heavy atom. The monoisotopic (exact) mass is 372 g/mol. The molecule has 0 heterocycles. The van der Waals surface area contributed by atoms with Crippen LogP contribution in [-0.2, 0) is 0 Å². The third kappa shape index (κ3) is 2.75. The van der Waals surface area contributed by atoms with E-state index in [-0.39, 0.29) is 45.2 Å². The number of rotatable bonds is 3. The Bertz CT molecular complexity index is 1170. The first-order valence-electron chi connectivity index (χ1n) is 8.34. The molecule has 1 amide bonds. The smallest absolute Gasteiger partial charge is 0.269 e. The summed E-state index contributed by atoms with van der Waals surface area (Å²) in [5, 5.41) is 13.4. The van der Waals surface area contributed by atoms with Gasteiger partial charge in [-0.15, -0.1) is 0 Å². The number of nitrogens with one attached hydrogen (secondary N) is 1. The van der Waals surface area contributed by atoms with Gasteiger partial charge in [0.1, 0.15) is 0 Å². The number of carbonyl (C=O) groups is 3. The van der Waals surface area contributed by atoms with Crippen molar-refractivity contribution < 1.29 is 19.3 Å². The number of fused-ring (bicyclic) bond motifs is 2. The first kappa shape index (κ1) is 17.3. The van der Waals surface area contributed by atoms with Crippen molar-refractivity contribution in [3.63, 3.8) is 0 Å². The zero-order chi connectivity index (χ0) is 19.8. The summed E-state index contributed by atoms with van der Waals surface area (Å²) in [6, 6.07) is 16.3. The second-order valence-corrected chi connectivity index (χ2v) is 6.19. The number of nitrogens with zero attached hydrogens (tertiary/aromatic N) is 1. The maximum atomic E-state index is 12.9. The summed E-state index contributed by atoms with van der Waals surface area (Å²) in [7, 11) is 0. The fourth-order valence-corrected chi connectivity index (χ4v) is 3.18. The Hall–Kier alpha value is -4.13. The molecule has 0 unspecified atom stereocenters. The highest BCUT2D eigenvalue weighted by atomic mass is 16.6. The van der Waals surface area contributed by atoms with Gasteiger partial charge in [-0.25, -0.2) is 0 Å². The lowest BCUT2D eigenvalue weighted by Crippen LogP contribution is -2.23. The number of carbonyl (C=O) groups excluding carboxylic acids is 3. The molecule has 0 saturated heterocycles. The van der Waals surface area contributed by atoms with E-state index < -0.39 is 10.8 Å². The number of ketones is 2. The van der Waals surface area contributed by atoms with E-state index in [1.165, 1.54) is 24.3 Å². The summed E-state index contributed by atoms with van der Waals surface area (Å²) in [5.74, 6) is -1.16. The van der Waals surface area contributed by atoms with Gasteiger partial charge in [0.25, 0.3) is 11.6 Å². The van der Waals surface area contributed by atoms with E-state index in [4.69, 9.17) is 0 Å². The maximum absolute atomic E-state index is 12.9. The van der Waals surface area contributed by atoms with E-state index in [1.54, 1.807) is 42.5 Å². The van der Waals surface area contributed by atoms with Gasteiger partial charge in [0.15, 0.2) is 11.6 Å². The van der Waals surface area contributed by atoms with Gasteiger partial charge < -0.3 is 5.32 Å². The first-order valence-corrected chi connectivity index (χ1v) is 8.34. The van der Waals surface area contributed by atoms with Crippen LogP contribution in [0.25, 0.3) is 0 Å². The van der Waals surface area contributed by atoms with Gasteiger partial charge in [0.2, 0.25) is 0 Å². The third-order valence-corrected chi connectivity index (χ3v) is 4.54. The van der Waals surface area contributed by atoms with Gasteiger partial charge in [-0.2, -0.15) is 0 Å². The normalized spacial score (nSPS) is 12.1. The number of amides is 1. The highest BCUT2D eigenvalue weighted by Crippen LogP contribution is 2.32. The topological polar surface area (TPSA) is 106 Å². The van der Waals surface area contributed by atoms with Crippen LogP contribution in [0.5, 0.6) is 0 Å². The van der Waals surface area contributed by atoms with Crippen LogP contribution < -0.4 is 5.32 Å². The number of anilines is 1. The second kappa shape index (κ2) is 6.55. The number of hydrogen-bond acceptors (Lipinski definition) is 5. The molecule has 0 aromatic heterocycles. The van der Waals surface area contributed by atoms with E-state index in [2.05, 4.69) is 5.32 Å². The molecule has 0 aliphatic heterocycles. The van der Waals surface area contributed by atoms with Crippen molar-refractivity contribution in [3.05, 3.63) is 105 Å². The van der Waals surface area contributed by atoms with Crippen molar-refractivity contribution in [1.29, 1.82) is 0 Å². The van der Waals surface area contributed by atoms with Gasteiger partial charge in [-0.05, 0) is 18.2 Å². The van der Waals surface area contributed by atoms with Crippen LogP contribution in [0.3, 0.4) is 0 Å². The van der Waals surface area contributed by atoms with Crippen molar-refractivity contribution >= 4 is 28.8 Å². The average molecular weight is 372 g/mol. The van der Waals surface area contributed by atoms with Crippen molar-refractivity contribution in [2.45, 2.75) is 0 Å². The van der Waals surface area contributed by atoms with Gasteiger partial charge in [0, 0.05) is 34.4 Å². The lowest BCUT2D eigenvalue weighted by Gasteiger charge is -2.20. The lowest BCUT2D eigenvalue weighted by molar-refractivity contribution is -0.384. The average Bonchev–Trinajstić information content (AvgIpc) is 2.72. The maximum Gasteiger partial charge on any atom is 0.269 e. The van der Waals surface area contributed by atoms with Crippen molar-refractivity contribution in [2.24, 2.45) is 0 Å². The summed E-state index contributed by atoms with van der Waals surface area (Å²) in [6.45, 7) is 0. The van der Waals surface area contributed by atoms with Crippen molar-refractivity contribution in [1.82, 2.24) is 0 Å². The van der Waals surface area contributed by atoms with Gasteiger partial charge in [-0.3, -0.25) is 24.5 Å². The zero-order valence-corrected chi connectivity index (χ0v) is 14.3. The van der Waals surface area contributed by atoms with Crippen LogP contribution in [0.4, 0.5) is 11.4 Å². The molecule has 28 heavy (non-hydrogen) atoms. The highest BCUT2D eigenvalue weighted by Gasteiger charge is 2.31. The lowest BCUT2D eigenvalue weighted by atomic mass is 9.83. The Kier molecular flexibility index (Phi) is 4.04. The van der Waals surface area contributed by atoms with Gasteiger partial charge >= 0.3 is 0 Å². The number of non-ortho nitro benzene ring substituents is 1. The number of nitro groups is 1. The fraction of sp³-hybridized carbons (Fsp3) is 0. The predicted octanol–water partition coefficient (Wildman–Crippen LogP) is 3.62. The van der Waals surface area contributed by atoms with Crippen molar-refractivity contribution in [2.75, 3.05) is 5.32 Å². The van der Waals surface area contributed by atoms with Crippen LogP contribution in [0, 0.1) is 10.1 Å². The molecule has 1 aliphatic rings. The van der Waals surface area contributed by atoms with Gasteiger partial charge in [0.05, 0.1) is 16.2 Å². The van der Waals surface area contributed by atoms with E-state index in [0.29, 0.717) is 5.56 Å². The molecule has 0 spiro atoms. The first-order chi connectivity index (χ1) is 13.5. The van der Waals surface area contributed by atoms with Crippen LogP contribution in [-0.4, -0.2) is 22.4 Å². The Labute approximate surface area is 158 Å². The van der Waals surface area contributed by atoms with E-state index in [9.17, 15) is 24.5 Å². The summed E-state index contributed by atoms with van der Waals surface area (Å²) < 4.78 is 0. The van der Waals surface area contributed by atoms with Crippen LogP contribution >= 0.6 is 0 Å². The minimum Gasteiger partial charge on any atom is -0.321 e. The van der Waals surface area contributed by atoms with E-state index in [1.807, 2.05) is 0 Å². The summed E-state index contributed by atoms with van der Waals surface area (Å²) in [4.78, 5) is 48.4. The Balaban J connectivity index is 1.71. The minimum atomic E-state index is -0.559. The molecule has 0 bridgehead atoms. The molecule has 0 fully saturated rings. The molecule has 1 N–H and O–H groups in total. The molecule has 7 nitrogen and oxygen atoms in total. The minimum absolute atomic E-state index is 0.133. The molecule has 136 valence electrons. The zero-order valence-electron chi connectivity index (χ0n) is 14.3. The highest BCUT2D eigenvalue weighted by molar-refractivity contribution is 6.30. The van der Waals surface area contributed by atoms with Crippen LogP contribution in [0.1, 0.15) is 42.2 Å². The summed E-state index contributed by atoms with van der Waals surface area (Å²) >= 11 is 0. The third-order valence-electron chi connectivity index (χ3n) is 4.54. The van der Waals surface area contributed by atoms with E-state index >= 15 is 0 Å². The van der Waals surface area contributed by atoms with E-state index in [0.717, 1.165) is 0 Å². The number of nitro benzene ring substituents is 1. The standard InChI is InChI=1S/C21H12N2O5/c24-19-14-4-1-2-5-15(14)20(25)18-16(19)6-3-7-17(18)22-21(26)12-8-10-13(11-9-12)23(27)28/h1-11H,(H,22,26).